The summed E-state index contributed by atoms with van der Waals surface area (Å²) in [5, 5.41) is 0. The van der Waals surface area contributed by atoms with Crippen LogP contribution in [-0.4, -0.2) is 11.7 Å². The molecule has 60 valence electrons. The van der Waals surface area contributed by atoms with Crippen LogP contribution in [0, 0.1) is 0 Å². The molecule has 0 heterocycles. The number of ether oxygens (including phenoxy) is 1. The maximum absolute atomic E-state index is 5.82. The Morgan fingerprint density at radius 1 is 1.40 bits per heavy atom. The fourth-order valence-corrected chi connectivity index (χ4v) is 1.63. The van der Waals surface area contributed by atoms with Gasteiger partial charge in [-0.1, -0.05) is 6.92 Å². The van der Waals surface area contributed by atoms with E-state index in [2.05, 4.69) is 20.8 Å². The van der Waals surface area contributed by atoms with Crippen molar-refractivity contribution in [3.8, 4) is 0 Å². The molecule has 0 aromatic heterocycles. The van der Waals surface area contributed by atoms with Gasteiger partial charge in [0, 0.05) is 0 Å². The van der Waals surface area contributed by atoms with Gasteiger partial charge in [0.25, 0.3) is 0 Å². The number of hydrogen-bond donors (Lipinski definition) is 0. The van der Waals surface area contributed by atoms with Crippen molar-refractivity contribution in [2.75, 3.05) is 0 Å². The zero-order valence-electron chi connectivity index (χ0n) is 7.31. The molecule has 0 spiro atoms. The lowest BCUT2D eigenvalue weighted by Gasteiger charge is -2.42. The number of rotatable bonds is 3. The van der Waals surface area contributed by atoms with Gasteiger partial charge in [0.1, 0.15) is 0 Å². The molecule has 0 N–H and O–H groups in total. The Morgan fingerprint density at radius 2 is 2.00 bits per heavy atom. The van der Waals surface area contributed by atoms with Crippen molar-refractivity contribution in [1.29, 1.82) is 0 Å². The van der Waals surface area contributed by atoms with E-state index in [-0.39, 0.29) is 5.60 Å². The van der Waals surface area contributed by atoms with E-state index in [1.54, 1.807) is 0 Å². The molecule has 1 nitrogen and oxygen atoms in total. The summed E-state index contributed by atoms with van der Waals surface area (Å²) in [6.45, 7) is 6.47. The molecule has 1 fully saturated rings. The van der Waals surface area contributed by atoms with Gasteiger partial charge in [-0.3, -0.25) is 0 Å². The minimum absolute atomic E-state index is 0.286. The standard InChI is InChI=1S/C9H18O/c1-4-9(6-5-7-9)10-8(2)3/h8H,4-7H2,1-3H3. The Balaban J connectivity index is 2.33. The summed E-state index contributed by atoms with van der Waals surface area (Å²) >= 11 is 0. The first-order chi connectivity index (χ1) is 4.68. The second kappa shape index (κ2) is 2.91. The van der Waals surface area contributed by atoms with Crippen LogP contribution in [0.2, 0.25) is 0 Å². The molecule has 0 unspecified atom stereocenters. The van der Waals surface area contributed by atoms with Gasteiger partial charge in [-0.15, -0.1) is 0 Å². The summed E-state index contributed by atoms with van der Waals surface area (Å²) in [7, 11) is 0. The molecule has 0 aromatic rings. The molecule has 1 aliphatic rings. The summed E-state index contributed by atoms with van der Waals surface area (Å²) in [5.41, 5.74) is 0.286. The highest BCUT2D eigenvalue weighted by atomic mass is 16.5. The minimum Gasteiger partial charge on any atom is -0.372 e. The molecule has 1 saturated carbocycles. The molecule has 1 rings (SSSR count). The summed E-state index contributed by atoms with van der Waals surface area (Å²) < 4.78 is 5.82. The molecule has 0 amide bonds. The highest BCUT2D eigenvalue weighted by Crippen LogP contribution is 2.39. The highest BCUT2D eigenvalue weighted by molar-refractivity contribution is 4.88. The van der Waals surface area contributed by atoms with Crippen molar-refractivity contribution in [2.45, 2.75) is 58.2 Å². The van der Waals surface area contributed by atoms with Crippen LogP contribution in [0.25, 0.3) is 0 Å². The van der Waals surface area contributed by atoms with Crippen LogP contribution < -0.4 is 0 Å². The quantitative estimate of drug-likeness (QED) is 0.588. The molecule has 0 atom stereocenters. The fourth-order valence-electron chi connectivity index (χ4n) is 1.63. The van der Waals surface area contributed by atoms with E-state index >= 15 is 0 Å². The smallest absolute Gasteiger partial charge is 0.0683 e. The summed E-state index contributed by atoms with van der Waals surface area (Å²) in [5.74, 6) is 0. The first-order valence-electron chi connectivity index (χ1n) is 4.36. The Bertz CT molecular complexity index is 97.8. The number of hydrogen-bond acceptors (Lipinski definition) is 1. The van der Waals surface area contributed by atoms with Crippen LogP contribution in [0.5, 0.6) is 0 Å². The molecular formula is C9H18O. The van der Waals surface area contributed by atoms with Gasteiger partial charge in [0.2, 0.25) is 0 Å². The van der Waals surface area contributed by atoms with Gasteiger partial charge >= 0.3 is 0 Å². The molecule has 0 aliphatic heterocycles. The Kier molecular flexibility index (Phi) is 2.35. The van der Waals surface area contributed by atoms with Gasteiger partial charge in [-0.2, -0.15) is 0 Å². The average molecular weight is 142 g/mol. The Morgan fingerprint density at radius 3 is 2.10 bits per heavy atom. The van der Waals surface area contributed by atoms with Crippen molar-refractivity contribution >= 4 is 0 Å². The maximum atomic E-state index is 5.82. The van der Waals surface area contributed by atoms with Gasteiger partial charge < -0.3 is 4.74 Å². The van der Waals surface area contributed by atoms with Crippen molar-refractivity contribution in [1.82, 2.24) is 0 Å². The van der Waals surface area contributed by atoms with Crippen LogP contribution in [0.4, 0.5) is 0 Å². The van der Waals surface area contributed by atoms with Crippen molar-refractivity contribution in [3.63, 3.8) is 0 Å². The van der Waals surface area contributed by atoms with Gasteiger partial charge in [-0.25, -0.2) is 0 Å². The minimum atomic E-state index is 0.286. The molecule has 1 aliphatic carbocycles. The molecule has 0 aromatic carbocycles. The zero-order valence-corrected chi connectivity index (χ0v) is 7.31. The van der Waals surface area contributed by atoms with Crippen molar-refractivity contribution < 1.29 is 4.74 Å². The molecule has 0 bridgehead atoms. The van der Waals surface area contributed by atoms with Gasteiger partial charge in [-0.05, 0) is 39.5 Å². The maximum Gasteiger partial charge on any atom is 0.0683 e. The van der Waals surface area contributed by atoms with E-state index in [9.17, 15) is 0 Å². The third-order valence-electron chi connectivity index (χ3n) is 2.39. The first-order valence-corrected chi connectivity index (χ1v) is 4.36. The molecular weight excluding hydrogens is 124 g/mol. The van der Waals surface area contributed by atoms with Crippen LogP contribution in [0.1, 0.15) is 46.5 Å². The summed E-state index contributed by atoms with van der Waals surface area (Å²) in [4.78, 5) is 0. The monoisotopic (exact) mass is 142 g/mol. The molecule has 0 radical (unpaired) electrons. The molecule has 10 heavy (non-hydrogen) atoms. The lowest BCUT2D eigenvalue weighted by atomic mass is 9.78. The molecule has 1 heteroatoms. The first kappa shape index (κ1) is 8.06. The van der Waals surface area contributed by atoms with E-state index in [0.717, 1.165) is 0 Å². The predicted octanol–water partition coefficient (Wildman–Crippen LogP) is 2.74. The third-order valence-corrected chi connectivity index (χ3v) is 2.39. The third kappa shape index (κ3) is 1.51. The largest absolute Gasteiger partial charge is 0.372 e. The van der Waals surface area contributed by atoms with E-state index < -0.39 is 0 Å². The molecule has 0 saturated heterocycles. The van der Waals surface area contributed by atoms with Crippen LogP contribution in [-0.2, 0) is 4.74 Å². The second-order valence-electron chi connectivity index (χ2n) is 3.56. The van der Waals surface area contributed by atoms with Crippen LogP contribution in [0.15, 0.2) is 0 Å². The Labute approximate surface area is 63.8 Å². The predicted molar refractivity (Wildman–Crippen MR) is 43.1 cm³/mol. The topological polar surface area (TPSA) is 9.23 Å². The highest BCUT2D eigenvalue weighted by Gasteiger charge is 2.36. The summed E-state index contributed by atoms with van der Waals surface area (Å²) in [6, 6.07) is 0. The van der Waals surface area contributed by atoms with Crippen LogP contribution in [0.3, 0.4) is 0 Å². The average Bonchev–Trinajstić information content (AvgIpc) is 1.78. The zero-order chi connectivity index (χ0) is 7.61. The lowest BCUT2D eigenvalue weighted by Crippen LogP contribution is -2.41. The van der Waals surface area contributed by atoms with Crippen molar-refractivity contribution in [2.24, 2.45) is 0 Å². The van der Waals surface area contributed by atoms with Crippen molar-refractivity contribution in [3.05, 3.63) is 0 Å². The fraction of sp³-hybridized carbons (Fsp3) is 1.00. The SMILES string of the molecule is CCC1(OC(C)C)CCC1. The van der Waals surface area contributed by atoms with E-state index in [0.29, 0.717) is 6.10 Å². The van der Waals surface area contributed by atoms with Crippen LogP contribution >= 0.6 is 0 Å². The van der Waals surface area contributed by atoms with E-state index in [1.807, 2.05) is 0 Å². The lowest BCUT2D eigenvalue weighted by molar-refractivity contribution is -0.129. The van der Waals surface area contributed by atoms with Gasteiger partial charge in [0.15, 0.2) is 0 Å². The van der Waals surface area contributed by atoms with Gasteiger partial charge in [0.05, 0.1) is 11.7 Å². The second-order valence-corrected chi connectivity index (χ2v) is 3.56. The summed E-state index contributed by atoms with van der Waals surface area (Å²) in [6.07, 6.45) is 5.51. The van der Waals surface area contributed by atoms with E-state index in [4.69, 9.17) is 4.74 Å². The Hall–Kier alpha value is -0.0400. The van der Waals surface area contributed by atoms with E-state index in [1.165, 1.54) is 25.7 Å². The normalized spacial score (nSPS) is 22.8.